The van der Waals surface area contributed by atoms with E-state index >= 15 is 0 Å². The van der Waals surface area contributed by atoms with Crippen LogP contribution in [0.15, 0.2) is 54.9 Å². The quantitative estimate of drug-likeness (QED) is 0.735. The maximum atomic E-state index is 12.5. The van der Waals surface area contributed by atoms with Crippen molar-refractivity contribution >= 4 is 5.91 Å². The summed E-state index contributed by atoms with van der Waals surface area (Å²) < 4.78 is 1.94. The normalized spacial score (nSPS) is 12.2. The number of nitrogens with one attached hydrogen (secondary N) is 1. The summed E-state index contributed by atoms with van der Waals surface area (Å²) in [6.07, 6.45) is 1.67. The third-order valence-electron chi connectivity index (χ3n) is 4.25. The zero-order chi connectivity index (χ0) is 18.7. The largest absolute Gasteiger partial charge is 0.507 e. The van der Waals surface area contributed by atoms with Crippen LogP contribution in [-0.4, -0.2) is 25.8 Å². The van der Waals surface area contributed by atoms with Crippen molar-refractivity contribution in [2.75, 3.05) is 0 Å². The van der Waals surface area contributed by atoms with E-state index < -0.39 is 0 Å². The van der Waals surface area contributed by atoms with Crippen molar-refractivity contribution in [1.29, 1.82) is 0 Å². The number of carbonyl (C=O) groups excluding carboxylic acids is 1. The SMILES string of the molecule is CC(NC(=O)c1ccc(-c2ccccc2O)cc1)c1nncn1C(C)C. The minimum atomic E-state index is -0.259. The molecule has 1 atom stereocenters. The summed E-state index contributed by atoms with van der Waals surface area (Å²) in [5.41, 5.74) is 2.14. The molecule has 1 unspecified atom stereocenters. The number of carbonyl (C=O) groups is 1. The van der Waals surface area contributed by atoms with Crippen molar-refractivity contribution in [3.8, 4) is 16.9 Å². The Morgan fingerprint density at radius 2 is 1.77 bits per heavy atom. The molecule has 1 amide bonds. The average Bonchev–Trinajstić information content (AvgIpc) is 3.12. The van der Waals surface area contributed by atoms with Crippen LogP contribution in [0, 0.1) is 0 Å². The molecule has 2 N–H and O–H groups in total. The molecule has 0 radical (unpaired) electrons. The molecule has 1 aromatic heterocycles. The van der Waals surface area contributed by atoms with Crippen molar-refractivity contribution in [3.05, 3.63) is 66.2 Å². The molecule has 6 nitrogen and oxygen atoms in total. The fourth-order valence-electron chi connectivity index (χ4n) is 2.82. The van der Waals surface area contributed by atoms with Gasteiger partial charge in [0.1, 0.15) is 12.1 Å². The minimum absolute atomic E-state index is 0.181. The lowest BCUT2D eigenvalue weighted by Gasteiger charge is -2.17. The van der Waals surface area contributed by atoms with Gasteiger partial charge in [-0.25, -0.2) is 0 Å². The highest BCUT2D eigenvalue weighted by molar-refractivity contribution is 5.95. The van der Waals surface area contributed by atoms with E-state index in [2.05, 4.69) is 15.5 Å². The number of hydrogen-bond acceptors (Lipinski definition) is 4. The highest BCUT2D eigenvalue weighted by atomic mass is 16.3. The molecule has 26 heavy (non-hydrogen) atoms. The van der Waals surface area contributed by atoms with E-state index in [9.17, 15) is 9.90 Å². The van der Waals surface area contributed by atoms with Crippen LogP contribution in [0.3, 0.4) is 0 Å². The lowest BCUT2D eigenvalue weighted by Crippen LogP contribution is -2.29. The van der Waals surface area contributed by atoms with E-state index in [4.69, 9.17) is 0 Å². The number of benzene rings is 2. The molecule has 1 heterocycles. The van der Waals surface area contributed by atoms with Crippen LogP contribution in [-0.2, 0) is 0 Å². The Bertz CT molecular complexity index is 900. The molecule has 0 aliphatic heterocycles. The highest BCUT2D eigenvalue weighted by Gasteiger charge is 2.18. The fraction of sp³-hybridized carbons (Fsp3) is 0.250. The predicted octanol–water partition coefficient (Wildman–Crippen LogP) is 3.72. The van der Waals surface area contributed by atoms with E-state index in [0.717, 1.165) is 17.0 Å². The first-order chi connectivity index (χ1) is 12.5. The topological polar surface area (TPSA) is 80.0 Å². The zero-order valence-electron chi connectivity index (χ0n) is 15.0. The van der Waals surface area contributed by atoms with Crippen LogP contribution in [0.4, 0.5) is 0 Å². The van der Waals surface area contributed by atoms with Crippen molar-refractivity contribution in [2.24, 2.45) is 0 Å². The molecule has 3 aromatic rings. The van der Waals surface area contributed by atoms with Gasteiger partial charge in [-0.1, -0.05) is 30.3 Å². The smallest absolute Gasteiger partial charge is 0.251 e. The van der Waals surface area contributed by atoms with E-state index in [0.29, 0.717) is 5.56 Å². The first-order valence-corrected chi connectivity index (χ1v) is 8.56. The summed E-state index contributed by atoms with van der Waals surface area (Å²) in [5, 5.41) is 21.0. The molecule has 0 saturated carbocycles. The second-order valence-corrected chi connectivity index (χ2v) is 6.48. The molecule has 134 valence electrons. The number of phenolic OH excluding ortho intramolecular Hbond substituents is 1. The molecule has 0 spiro atoms. The lowest BCUT2D eigenvalue weighted by atomic mass is 10.0. The number of phenols is 1. The van der Waals surface area contributed by atoms with Gasteiger partial charge in [0.25, 0.3) is 5.91 Å². The third kappa shape index (κ3) is 3.59. The number of aromatic nitrogens is 3. The Balaban J connectivity index is 1.74. The fourth-order valence-corrected chi connectivity index (χ4v) is 2.82. The molecule has 0 bridgehead atoms. The van der Waals surface area contributed by atoms with Crippen molar-refractivity contribution in [2.45, 2.75) is 32.9 Å². The summed E-state index contributed by atoms with van der Waals surface area (Å²) in [7, 11) is 0. The van der Waals surface area contributed by atoms with Gasteiger partial charge in [-0.3, -0.25) is 4.79 Å². The molecular weight excluding hydrogens is 328 g/mol. The Kier molecular flexibility index (Phi) is 5.02. The summed E-state index contributed by atoms with van der Waals surface area (Å²) in [5.74, 6) is 0.755. The standard InChI is InChI=1S/C20H22N4O2/c1-13(2)24-12-21-23-19(24)14(3)22-20(26)16-10-8-15(9-11-16)17-6-4-5-7-18(17)25/h4-14,25H,1-3H3,(H,22,26). The minimum Gasteiger partial charge on any atom is -0.507 e. The number of rotatable bonds is 5. The zero-order valence-corrected chi connectivity index (χ0v) is 15.0. The molecule has 0 aliphatic rings. The van der Waals surface area contributed by atoms with Crippen LogP contribution in [0.2, 0.25) is 0 Å². The first-order valence-electron chi connectivity index (χ1n) is 8.56. The Hall–Kier alpha value is -3.15. The molecule has 6 heteroatoms. The van der Waals surface area contributed by atoms with Crippen LogP contribution < -0.4 is 5.32 Å². The van der Waals surface area contributed by atoms with Crippen LogP contribution in [0.1, 0.15) is 49.0 Å². The summed E-state index contributed by atoms with van der Waals surface area (Å²) >= 11 is 0. The molecule has 0 fully saturated rings. The second-order valence-electron chi connectivity index (χ2n) is 6.48. The number of para-hydroxylation sites is 1. The van der Waals surface area contributed by atoms with E-state index in [1.165, 1.54) is 0 Å². The molecule has 2 aromatic carbocycles. The van der Waals surface area contributed by atoms with E-state index in [1.54, 1.807) is 30.6 Å². The second kappa shape index (κ2) is 7.39. The average molecular weight is 350 g/mol. The lowest BCUT2D eigenvalue weighted by molar-refractivity contribution is 0.0937. The van der Waals surface area contributed by atoms with Crippen molar-refractivity contribution in [1.82, 2.24) is 20.1 Å². The summed E-state index contributed by atoms with van der Waals surface area (Å²) in [6, 6.07) is 14.2. The number of nitrogens with zero attached hydrogens (tertiary/aromatic N) is 3. The highest BCUT2D eigenvalue weighted by Crippen LogP contribution is 2.28. The number of hydrogen-bond donors (Lipinski definition) is 2. The van der Waals surface area contributed by atoms with Gasteiger partial charge in [0.15, 0.2) is 5.82 Å². The molecule has 0 saturated heterocycles. The van der Waals surface area contributed by atoms with Gasteiger partial charge in [-0.2, -0.15) is 0 Å². The van der Waals surface area contributed by atoms with Crippen molar-refractivity contribution < 1.29 is 9.90 Å². The van der Waals surface area contributed by atoms with Gasteiger partial charge in [-0.05, 0) is 44.5 Å². The van der Waals surface area contributed by atoms with Gasteiger partial charge in [-0.15, -0.1) is 10.2 Å². The molecular formula is C20H22N4O2. The van der Waals surface area contributed by atoms with E-state index in [1.807, 2.05) is 49.6 Å². The van der Waals surface area contributed by atoms with Gasteiger partial charge in [0.2, 0.25) is 0 Å². The van der Waals surface area contributed by atoms with Crippen LogP contribution in [0.5, 0.6) is 5.75 Å². The third-order valence-corrected chi connectivity index (χ3v) is 4.25. The van der Waals surface area contributed by atoms with Gasteiger partial charge in [0.05, 0.1) is 6.04 Å². The number of amides is 1. The Morgan fingerprint density at radius 3 is 2.42 bits per heavy atom. The van der Waals surface area contributed by atoms with Crippen LogP contribution in [0.25, 0.3) is 11.1 Å². The first kappa shape index (κ1) is 17.7. The van der Waals surface area contributed by atoms with E-state index in [-0.39, 0.29) is 23.7 Å². The Labute approximate surface area is 152 Å². The van der Waals surface area contributed by atoms with Gasteiger partial charge >= 0.3 is 0 Å². The number of aromatic hydroxyl groups is 1. The maximum absolute atomic E-state index is 12.5. The van der Waals surface area contributed by atoms with Crippen molar-refractivity contribution in [3.63, 3.8) is 0 Å². The Morgan fingerprint density at radius 1 is 1.08 bits per heavy atom. The van der Waals surface area contributed by atoms with Gasteiger partial charge in [0, 0.05) is 17.2 Å². The molecule has 0 aliphatic carbocycles. The van der Waals surface area contributed by atoms with Crippen LogP contribution >= 0.6 is 0 Å². The predicted molar refractivity (Wildman–Crippen MR) is 99.8 cm³/mol. The monoisotopic (exact) mass is 350 g/mol. The maximum Gasteiger partial charge on any atom is 0.251 e. The summed E-state index contributed by atoms with van der Waals surface area (Å²) in [4.78, 5) is 12.5. The summed E-state index contributed by atoms with van der Waals surface area (Å²) in [6.45, 7) is 5.97. The van der Waals surface area contributed by atoms with Gasteiger partial charge < -0.3 is 15.0 Å². The molecule has 3 rings (SSSR count).